The number of aliphatic hydroxyl groups is 1. The first-order valence-electron chi connectivity index (χ1n) is 7.78. The first-order valence-corrected chi connectivity index (χ1v) is 7.78. The number of piperidine rings is 1. The van der Waals surface area contributed by atoms with Crippen LogP contribution >= 0.6 is 0 Å². The van der Waals surface area contributed by atoms with Gasteiger partial charge in [-0.15, -0.1) is 0 Å². The van der Waals surface area contributed by atoms with Crippen LogP contribution in [0.1, 0.15) is 40.0 Å². The van der Waals surface area contributed by atoms with E-state index in [0.29, 0.717) is 26.1 Å². The molecule has 2 heterocycles. The zero-order valence-corrected chi connectivity index (χ0v) is 13.2. The van der Waals surface area contributed by atoms with Crippen LogP contribution in [0.2, 0.25) is 0 Å². The zero-order chi connectivity index (χ0) is 15.6. The fourth-order valence-electron chi connectivity index (χ4n) is 3.22. The molecular weight excluding hydrogens is 275 g/mol. The summed E-state index contributed by atoms with van der Waals surface area (Å²) in [5.74, 6) is 0. The Kier molecular flexibility index (Phi) is 5.09. The van der Waals surface area contributed by atoms with Gasteiger partial charge in [-0.2, -0.15) is 0 Å². The van der Waals surface area contributed by atoms with Crippen LogP contribution in [0.15, 0.2) is 0 Å². The van der Waals surface area contributed by atoms with Crippen molar-refractivity contribution in [2.45, 2.75) is 63.9 Å². The Bertz CT molecular complexity index is 364. The molecule has 2 aliphatic heterocycles. The molecule has 1 amide bonds. The molecule has 0 unspecified atom stereocenters. The molecule has 2 rings (SSSR count). The maximum Gasteiger partial charge on any atom is 0.410 e. The molecular formula is C15H27FN2O3. The lowest BCUT2D eigenvalue weighted by atomic mass is 10.0. The van der Waals surface area contributed by atoms with Crippen molar-refractivity contribution in [3.05, 3.63) is 0 Å². The number of rotatable bonds is 2. The molecule has 0 bridgehead atoms. The van der Waals surface area contributed by atoms with Crippen molar-refractivity contribution in [2.24, 2.45) is 0 Å². The molecule has 2 atom stereocenters. The summed E-state index contributed by atoms with van der Waals surface area (Å²) in [5.41, 5.74) is -0.480. The monoisotopic (exact) mass is 302 g/mol. The van der Waals surface area contributed by atoms with Gasteiger partial charge in [0.15, 0.2) is 0 Å². The Morgan fingerprint density at radius 1 is 1.33 bits per heavy atom. The van der Waals surface area contributed by atoms with Crippen LogP contribution in [0.3, 0.4) is 0 Å². The summed E-state index contributed by atoms with van der Waals surface area (Å²) in [6, 6.07) is 0.180. The number of carbonyl (C=O) groups excluding carboxylic acids is 1. The van der Waals surface area contributed by atoms with E-state index in [-0.39, 0.29) is 24.8 Å². The summed E-state index contributed by atoms with van der Waals surface area (Å²) in [6.45, 7) is 7.24. The molecule has 0 spiro atoms. The number of alkyl halides is 1. The SMILES string of the molecule is CC(C)(C)OC(=O)N1CCC(N2C[C@H](F)C[C@@H]2CO)CC1. The van der Waals surface area contributed by atoms with Crippen LogP contribution in [0, 0.1) is 0 Å². The molecule has 0 radical (unpaired) electrons. The zero-order valence-electron chi connectivity index (χ0n) is 13.2. The summed E-state index contributed by atoms with van der Waals surface area (Å²) in [5, 5.41) is 9.36. The van der Waals surface area contributed by atoms with E-state index >= 15 is 0 Å². The minimum Gasteiger partial charge on any atom is -0.444 e. The van der Waals surface area contributed by atoms with Crippen molar-refractivity contribution in [1.82, 2.24) is 9.80 Å². The van der Waals surface area contributed by atoms with Gasteiger partial charge in [0, 0.05) is 31.7 Å². The summed E-state index contributed by atoms with van der Waals surface area (Å²) in [7, 11) is 0. The molecule has 0 saturated carbocycles. The van der Waals surface area contributed by atoms with Crippen LogP contribution < -0.4 is 0 Å². The van der Waals surface area contributed by atoms with Crippen molar-refractivity contribution < 1.29 is 19.0 Å². The third-order valence-corrected chi connectivity index (χ3v) is 4.20. The van der Waals surface area contributed by atoms with E-state index in [2.05, 4.69) is 4.90 Å². The molecule has 0 aliphatic carbocycles. The van der Waals surface area contributed by atoms with Gasteiger partial charge in [-0.05, 0) is 40.0 Å². The second kappa shape index (κ2) is 6.48. The van der Waals surface area contributed by atoms with Gasteiger partial charge in [0.05, 0.1) is 6.61 Å². The van der Waals surface area contributed by atoms with E-state index in [4.69, 9.17) is 4.74 Å². The minimum absolute atomic E-state index is 0.00665. The molecule has 1 N–H and O–H groups in total. The van der Waals surface area contributed by atoms with Crippen molar-refractivity contribution in [1.29, 1.82) is 0 Å². The normalized spacial score (nSPS) is 28.9. The predicted octanol–water partition coefficient (Wildman–Crippen LogP) is 1.79. The average Bonchev–Trinajstić information content (AvgIpc) is 2.78. The molecule has 6 heteroatoms. The summed E-state index contributed by atoms with van der Waals surface area (Å²) in [6.07, 6.45) is 0.920. The highest BCUT2D eigenvalue weighted by molar-refractivity contribution is 5.68. The second-order valence-corrected chi connectivity index (χ2v) is 7.06. The number of hydrogen-bond acceptors (Lipinski definition) is 4. The molecule has 2 fully saturated rings. The van der Waals surface area contributed by atoms with E-state index in [0.717, 1.165) is 12.8 Å². The van der Waals surface area contributed by atoms with E-state index < -0.39 is 11.8 Å². The number of aliphatic hydroxyl groups excluding tert-OH is 1. The van der Waals surface area contributed by atoms with Crippen molar-refractivity contribution in [2.75, 3.05) is 26.2 Å². The molecule has 2 saturated heterocycles. The van der Waals surface area contributed by atoms with Crippen LogP contribution in [0.4, 0.5) is 9.18 Å². The molecule has 0 aromatic heterocycles. The highest BCUT2D eigenvalue weighted by atomic mass is 19.1. The third kappa shape index (κ3) is 4.30. The van der Waals surface area contributed by atoms with Gasteiger partial charge < -0.3 is 14.7 Å². The molecule has 2 aliphatic rings. The maximum absolute atomic E-state index is 13.5. The quantitative estimate of drug-likeness (QED) is 0.845. The highest BCUT2D eigenvalue weighted by Gasteiger charge is 2.38. The van der Waals surface area contributed by atoms with Gasteiger partial charge in [0.1, 0.15) is 11.8 Å². The van der Waals surface area contributed by atoms with Crippen molar-refractivity contribution >= 4 is 6.09 Å². The average molecular weight is 302 g/mol. The van der Waals surface area contributed by atoms with Crippen LogP contribution in [0.5, 0.6) is 0 Å². The summed E-state index contributed by atoms with van der Waals surface area (Å²) >= 11 is 0. The number of halogens is 1. The van der Waals surface area contributed by atoms with E-state index in [1.807, 2.05) is 20.8 Å². The lowest BCUT2D eigenvalue weighted by Gasteiger charge is -2.39. The van der Waals surface area contributed by atoms with Crippen molar-refractivity contribution in [3.8, 4) is 0 Å². The van der Waals surface area contributed by atoms with E-state index in [1.165, 1.54) is 0 Å². The summed E-state index contributed by atoms with van der Waals surface area (Å²) < 4.78 is 18.9. The van der Waals surface area contributed by atoms with Crippen LogP contribution in [0.25, 0.3) is 0 Å². The third-order valence-electron chi connectivity index (χ3n) is 4.20. The lowest BCUT2D eigenvalue weighted by molar-refractivity contribution is 0.0112. The lowest BCUT2D eigenvalue weighted by Crippen LogP contribution is -2.49. The molecule has 0 aromatic rings. The fraction of sp³-hybridized carbons (Fsp3) is 0.933. The van der Waals surface area contributed by atoms with Gasteiger partial charge >= 0.3 is 6.09 Å². The maximum atomic E-state index is 13.5. The Morgan fingerprint density at radius 3 is 2.48 bits per heavy atom. The molecule has 122 valence electrons. The fourth-order valence-corrected chi connectivity index (χ4v) is 3.22. The van der Waals surface area contributed by atoms with Gasteiger partial charge in [-0.3, -0.25) is 4.90 Å². The Morgan fingerprint density at radius 2 is 1.95 bits per heavy atom. The Labute approximate surface area is 126 Å². The standard InChI is InChI=1S/C15H27FN2O3/c1-15(2,3)21-14(20)17-6-4-12(5-7-17)18-9-11(16)8-13(18)10-19/h11-13,19H,4-10H2,1-3H3/t11-,13-/m1/s1. The number of carbonyl (C=O) groups is 1. The van der Waals surface area contributed by atoms with Crippen LogP contribution in [-0.2, 0) is 4.74 Å². The molecule has 0 aromatic carbocycles. The summed E-state index contributed by atoms with van der Waals surface area (Å²) in [4.78, 5) is 15.8. The molecule has 5 nitrogen and oxygen atoms in total. The van der Waals surface area contributed by atoms with Crippen LogP contribution in [-0.4, -0.2) is 71.1 Å². The number of ether oxygens (including phenoxy) is 1. The first-order chi connectivity index (χ1) is 9.80. The topological polar surface area (TPSA) is 53.0 Å². The van der Waals surface area contributed by atoms with Gasteiger partial charge in [0.25, 0.3) is 0 Å². The number of amides is 1. The smallest absolute Gasteiger partial charge is 0.410 e. The minimum atomic E-state index is -0.842. The number of hydrogen-bond donors (Lipinski definition) is 1. The second-order valence-electron chi connectivity index (χ2n) is 7.06. The first kappa shape index (κ1) is 16.5. The largest absolute Gasteiger partial charge is 0.444 e. The number of likely N-dealkylation sites (tertiary alicyclic amines) is 2. The van der Waals surface area contributed by atoms with Crippen molar-refractivity contribution in [3.63, 3.8) is 0 Å². The Hall–Kier alpha value is -0.880. The Balaban J connectivity index is 1.84. The van der Waals surface area contributed by atoms with Gasteiger partial charge in [0.2, 0.25) is 0 Å². The van der Waals surface area contributed by atoms with Gasteiger partial charge in [-0.1, -0.05) is 0 Å². The highest BCUT2D eigenvalue weighted by Crippen LogP contribution is 2.28. The predicted molar refractivity (Wildman–Crippen MR) is 77.9 cm³/mol. The van der Waals surface area contributed by atoms with Gasteiger partial charge in [-0.25, -0.2) is 9.18 Å². The van der Waals surface area contributed by atoms with E-state index in [9.17, 15) is 14.3 Å². The number of nitrogens with zero attached hydrogens (tertiary/aromatic N) is 2. The van der Waals surface area contributed by atoms with E-state index in [1.54, 1.807) is 4.90 Å². The molecule has 21 heavy (non-hydrogen) atoms.